The second kappa shape index (κ2) is 16.0. The second-order valence-corrected chi connectivity index (χ2v) is 12.4. The Morgan fingerprint density at radius 1 is 0.961 bits per heavy atom. The number of halogens is 1. The lowest BCUT2D eigenvalue weighted by Crippen LogP contribution is -2.39. The summed E-state index contributed by atoms with van der Waals surface area (Å²) in [6.07, 6.45) is 2.53. The van der Waals surface area contributed by atoms with E-state index in [1.807, 2.05) is 0 Å². The summed E-state index contributed by atoms with van der Waals surface area (Å²) in [5, 5.41) is 12.5. The number of ether oxygens (including phenoxy) is 4. The molecule has 2 aliphatic heterocycles. The average molecular weight is 717 g/mol. The SMILES string of the molecule is CCO[C@H]1OC(C(=O)Nc2ccc(N3C(=O)c4ccc(Cl)cc4C3=O)c(C)c2)=C[C@@H](c2coc3ccccc3c2=O)[C@@H]1CCOCCOCCO. The van der Waals surface area contributed by atoms with Crippen LogP contribution < -0.4 is 15.6 Å². The van der Waals surface area contributed by atoms with Crippen molar-refractivity contribution >= 4 is 51.7 Å². The van der Waals surface area contributed by atoms with E-state index < -0.39 is 35.8 Å². The third-order valence-electron chi connectivity index (χ3n) is 8.75. The second-order valence-electron chi connectivity index (χ2n) is 12.0. The van der Waals surface area contributed by atoms with E-state index in [0.717, 1.165) is 4.90 Å². The van der Waals surface area contributed by atoms with Crippen LogP contribution in [0.3, 0.4) is 0 Å². The Kier molecular flexibility index (Phi) is 11.3. The minimum absolute atomic E-state index is 0.0560. The third kappa shape index (κ3) is 7.60. The molecule has 0 radical (unpaired) electrons. The maximum atomic E-state index is 13.8. The molecule has 3 aromatic carbocycles. The van der Waals surface area contributed by atoms with E-state index >= 15 is 0 Å². The van der Waals surface area contributed by atoms with Gasteiger partial charge in [0.1, 0.15) is 5.58 Å². The highest BCUT2D eigenvalue weighted by Crippen LogP contribution is 2.39. The van der Waals surface area contributed by atoms with E-state index in [1.165, 1.54) is 18.4 Å². The molecule has 1 aromatic heterocycles. The van der Waals surface area contributed by atoms with Crippen molar-refractivity contribution in [3.63, 3.8) is 0 Å². The molecule has 6 rings (SSSR count). The molecule has 13 heteroatoms. The van der Waals surface area contributed by atoms with Crippen molar-refractivity contribution in [3.8, 4) is 0 Å². The van der Waals surface area contributed by atoms with Gasteiger partial charge in [-0.1, -0.05) is 23.7 Å². The van der Waals surface area contributed by atoms with Crippen molar-refractivity contribution in [2.24, 2.45) is 5.92 Å². The summed E-state index contributed by atoms with van der Waals surface area (Å²) >= 11 is 6.07. The number of aryl methyl sites for hydroxylation is 1. The number of anilines is 2. The summed E-state index contributed by atoms with van der Waals surface area (Å²) < 4.78 is 29.1. The molecular weight excluding hydrogens is 680 g/mol. The molecule has 2 N–H and O–H groups in total. The van der Waals surface area contributed by atoms with Crippen molar-refractivity contribution in [1.29, 1.82) is 0 Å². The molecule has 51 heavy (non-hydrogen) atoms. The number of nitrogens with one attached hydrogen (secondary N) is 1. The highest BCUT2D eigenvalue weighted by Gasteiger charge is 2.40. The van der Waals surface area contributed by atoms with Gasteiger partial charge in [-0.3, -0.25) is 19.2 Å². The number of benzene rings is 3. The highest BCUT2D eigenvalue weighted by molar-refractivity contribution is 6.37. The largest absolute Gasteiger partial charge is 0.464 e. The molecule has 0 aliphatic carbocycles. The van der Waals surface area contributed by atoms with Gasteiger partial charge in [0.2, 0.25) is 6.29 Å². The van der Waals surface area contributed by atoms with Gasteiger partial charge >= 0.3 is 0 Å². The Balaban J connectivity index is 1.26. The maximum Gasteiger partial charge on any atom is 0.290 e. The molecule has 0 unspecified atom stereocenters. The van der Waals surface area contributed by atoms with Gasteiger partial charge in [-0.05, 0) is 80.4 Å². The molecule has 3 amide bonds. The number of para-hydroxylation sites is 1. The molecule has 0 fully saturated rings. The average Bonchev–Trinajstić information content (AvgIpc) is 3.36. The van der Waals surface area contributed by atoms with Crippen LogP contribution in [0.2, 0.25) is 5.02 Å². The van der Waals surface area contributed by atoms with Crippen LogP contribution in [0, 0.1) is 12.8 Å². The van der Waals surface area contributed by atoms with Crippen LogP contribution in [-0.2, 0) is 23.7 Å². The predicted octanol–water partition coefficient (Wildman–Crippen LogP) is 5.59. The fraction of sp³-hybridized carbons (Fsp3) is 0.316. The van der Waals surface area contributed by atoms with Crippen LogP contribution in [-0.4, -0.2) is 68.8 Å². The van der Waals surface area contributed by atoms with Crippen molar-refractivity contribution in [2.75, 3.05) is 49.9 Å². The van der Waals surface area contributed by atoms with Gasteiger partial charge in [0.25, 0.3) is 17.7 Å². The topological polar surface area (TPSA) is 154 Å². The van der Waals surface area contributed by atoms with Crippen molar-refractivity contribution in [3.05, 3.63) is 116 Å². The summed E-state index contributed by atoms with van der Waals surface area (Å²) in [6, 6.07) is 16.3. The molecule has 2 aliphatic rings. The number of hydrogen-bond acceptors (Lipinski definition) is 10. The lowest BCUT2D eigenvalue weighted by Gasteiger charge is -2.36. The van der Waals surface area contributed by atoms with Gasteiger partial charge < -0.3 is 33.8 Å². The van der Waals surface area contributed by atoms with Crippen LogP contribution in [0.4, 0.5) is 11.4 Å². The Hall–Kier alpha value is -4.85. The van der Waals surface area contributed by atoms with Gasteiger partial charge in [-0.2, -0.15) is 0 Å². The van der Waals surface area contributed by atoms with E-state index in [9.17, 15) is 19.2 Å². The molecule has 4 aromatic rings. The number of aliphatic hydroxyl groups is 1. The first-order chi connectivity index (χ1) is 24.7. The van der Waals surface area contributed by atoms with Crippen molar-refractivity contribution in [2.45, 2.75) is 32.5 Å². The molecule has 3 heterocycles. The minimum atomic E-state index is -0.905. The predicted molar refractivity (Wildman–Crippen MR) is 189 cm³/mol. The molecule has 3 atom stereocenters. The van der Waals surface area contributed by atoms with Gasteiger partial charge in [-0.15, -0.1) is 0 Å². The van der Waals surface area contributed by atoms with E-state index in [1.54, 1.807) is 68.5 Å². The van der Waals surface area contributed by atoms with Crippen LogP contribution in [0.15, 0.2) is 88.0 Å². The zero-order chi connectivity index (χ0) is 36.1. The van der Waals surface area contributed by atoms with E-state index in [0.29, 0.717) is 58.1 Å². The number of fused-ring (bicyclic) bond motifs is 2. The van der Waals surface area contributed by atoms with Crippen LogP contribution >= 0.6 is 11.6 Å². The molecule has 0 spiro atoms. The molecular formula is C38H37ClN2O10. The van der Waals surface area contributed by atoms with Crippen LogP contribution in [0.1, 0.15) is 51.1 Å². The minimum Gasteiger partial charge on any atom is -0.464 e. The summed E-state index contributed by atoms with van der Waals surface area (Å²) in [5.41, 5.74) is 2.35. The lowest BCUT2D eigenvalue weighted by molar-refractivity contribution is -0.166. The Morgan fingerprint density at radius 2 is 1.73 bits per heavy atom. The molecule has 12 nitrogen and oxygen atoms in total. The van der Waals surface area contributed by atoms with Gasteiger partial charge in [0.15, 0.2) is 11.2 Å². The van der Waals surface area contributed by atoms with Gasteiger partial charge in [-0.25, -0.2) is 4.90 Å². The first kappa shape index (κ1) is 36.0. The Morgan fingerprint density at radius 3 is 2.49 bits per heavy atom. The fourth-order valence-corrected chi connectivity index (χ4v) is 6.50. The standard InChI is InChI=1S/C38H37ClN2O10/c1-3-49-38-26(12-14-47-16-17-48-15-13-42)28(30-21-50-32-7-5-4-6-27(32)34(30)43)20-33(51-38)35(44)40-24-9-11-31(22(2)18-24)41-36(45)25-10-8-23(39)19-29(25)37(41)46/h4-11,18-21,26,28,38,42H,3,12-17H2,1-2H3,(H,40,44)/t26-,28+,38-/m0/s1. The Labute approximate surface area is 298 Å². The zero-order valence-corrected chi connectivity index (χ0v) is 28.8. The monoisotopic (exact) mass is 716 g/mol. The number of allylic oxidation sites excluding steroid dienone is 1. The molecule has 0 saturated heterocycles. The van der Waals surface area contributed by atoms with Gasteiger partial charge in [0.05, 0.1) is 54.9 Å². The first-order valence-electron chi connectivity index (χ1n) is 16.6. The number of carbonyl (C=O) groups is 3. The summed E-state index contributed by atoms with van der Waals surface area (Å²) in [6.45, 7) is 4.85. The number of imide groups is 1. The van der Waals surface area contributed by atoms with Gasteiger partial charge in [0, 0.05) is 41.3 Å². The summed E-state index contributed by atoms with van der Waals surface area (Å²) in [4.78, 5) is 55.0. The third-order valence-corrected chi connectivity index (χ3v) is 8.99. The fourth-order valence-electron chi connectivity index (χ4n) is 6.33. The van der Waals surface area contributed by atoms with E-state index in [4.69, 9.17) is 40.1 Å². The summed E-state index contributed by atoms with van der Waals surface area (Å²) in [7, 11) is 0. The molecule has 266 valence electrons. The normalized spacial score (nSPS) is 18.5. The van der Waals surface area contributed by atoms with Crippen LogP contribution in [0.25, 0.3) is 11.0 Å². The van der Waals surface area contributed by atoms with Crippen LogP contribution in [0.5, 0.6) is 0 Å². The maximum absolute atomic E-state index is 13.8. The summed E-state index contributed by atoms with van der Waals surface area (Å²) in [5.74, 6) is -2.67. The van der Waals surface area contributed by atoms with Crippen molar-refractivity contribution < 1.29 is 42.9 Å². The highest BCUT2D eigenvalue weighted by atomic mass is 35.5. The number of aliphatic hydroxyl groups excluding tert-OH is 1. The van der Waals surface area contributed by atoms with Crippen molar-refractivity contribution in [1.82, 2.24) is 0 Å². The molecule has 0 saturated carbocycles. The number of rotatable bonds is 14. The zero-order valence-electron chi connectivity index (χ0n) is 28.1. The van der Waals surface area contributed by atoms with E-state index in [2.05, 4.69) is 5.32 Å². The quantitative estimate of drug-likeness (QED) is 0.125. The smallest absolute Gasteiger partial charge is 0.290 e. The number of nitrogens with zero attached hydrogens (tertiary/aromatic N) is 1. The lowest BCUT2D eigenvalue weighted by atomic mass is 9.81. The number of amides is 3. The Bertz CT molecular complexity index is 2040. The molecule has 0 bridgehead atoms. The first-order valence-corrected chi connectivity index (χ1v) is 17.0. The number of carbonyl (C=O) groups excluding carboxylic acids is 3. The number of hydrogen-bond donors (Lipinski definition) is 2. The van der Waals surface area contributed by atoms with E-state index in [-0.39, 0.29) is 48.7 Å².